The molecule has 162 valence electrons. The van der Waals surface area contributed by atoms with Gasteiger partial charge >= 0.3 is 6.09 Å². The Balaban J connectivity index is 1.87. The van der Waals surface area contributed by atoms with Crippen LogP contribution in [0, 0.1) is 0 Å². The first-order valence-corrected chi connectivity index (χ1v) is 13.4. The van der Waals surface area contributed by atoms with Crippen LogP contribution in [-0.4, -0.2) is 55.4 Å². The molecule has 0 unspecified atom stereocenters. The minimum Gasteiger partial charge on any atom is -0.443 e. The third-order valence-corrected chi connectivity index (χ3v) is 10.7. The lowest BCUT2D eigenvalue weighted by Crippen LogP contribution is -2.50. The lowest BCUT2D eigenvalue weighted by atomic mass is 10.1. The van der Waals surface area contributed by atoms with E-state index in [-0.39, 0.29) is 17.2 Å². The fraction of sp³-hybridized carbons (Fsp3) is 0.750. The Hall–Kier alpha value is -1.38. The van der Waals surface area contributed by atoms with Gasteiger partial charge in [0, 0.05) is 18.7 Å². The number of ether oxygens (including phenoxy) is 1. The fourth-order valence-corrected chi connectivity index (χ4v) is 5.05. The van der Waals surface area contributed by atoms with Gasteiger partial charge in [-0.2, -0.15) is 0 Å². The zero-order chi connectivity index (χ0) is 21.8. The number of aromatic nitrogens is 2. The van der Waals surface area contributed by atoms with E-state index in [0.717, 1.165) is 18.7 Å². The van der Waals surface area contributed by atoms with Crippen molar-refractivity contribution in [3.63, 3.8) is 0 Å². The van der Waals surface area contributed by atoms with Crippen molar-refractivity contribution < 1.29 is 14.0 Å². The zero-order valence-corrected chi connectivity index (χ0v) is 20.5. The van der Waals surface area contributed by atoms with E-state index in [9.17, 15) is 4.79 Å². The average molecular weight is 441 g/mol. The van der Waals surface area contributed by atoms with Gasteiger partial charge in [-0.25, -0.2) is 4.79 Å². The molecular formula is C20H33ClN4O3Si. The third kappa shape index (κ3) is 4.69. The number of fused-ring (bicyclic) bond motifs is 3. The maximum Gasteiger partial charge on any atom is 0.416 e. The summed E-state index contributed by atoms with van der Waals surface area (Å²) in [5.41, 5.74) is 0.228. The summed E-state index contributed by atoms with van der Waals surface area (Å²) in [4.78, 5) is 16.7. The second-order valence-electron chi connectivity index (χ2n) is 10.5. The van der Waals surface area contributed by atoms with Crippen molar-refractivity contribution >= 4 is 37.5 Å². The zero-order valence-electron chi connectivity index (χ0n) is 18.7. The molecule has 29 heavy (non-hydrogen) atoms. The van der Waals surface area contributed by atoms with E-state index in [2.05, 4.69) is 49.0 Å². The van der Waals surface area contributed by atoms with Gasteiger partial charge in [0.1, 0.15) is 5.60 Å². The van der Waals surface area contributed by atoms with Gasteiger partial charge in [0.2, 0.25) is 0 Å². The Morgan fingerprint density at radius 3 is 2.41 bits per heavy atom. The van der Waals surface area contributed by atoms with Crippen LogP contribution in [0.1, 0.15) is 48.0 Å². The average Bonchev–Trinajstić information content (AvgIpc) is 2.93. The first-order valence-electron chi connectivity index (χ1n) is 10.2. The molecule has 1 amide bonds. The SMILES string of the molecule is CC(C)(C)OC(=O)N1C[C@H]2C[C@H](O[Si](C)(C)C(C)(C)C)CN2c2cc(Cl)nnc21. The number of amides is 1. The van der Waals surface area contributed by atoms with Crippen molar-refractivity contribution in [3.05, 3.63) is 11.2 Å². The van der Waals surface area contributed by atoms with Gasteiger partial charge in [-0.3, -0.25) is 4.90 Å². The fourth-order valence-electron chi connectivity index (χ4n) is 3.55. The van der Waals surface area contributed by atoms with E-state index < -0.39 is 20.0 Å². The number of rotatable bonds is 2. The van der Waals surface area contributed by atoms with Crippen molar-refractivity contribution in [3.8, 4) is 0 Å². The summed E-state index contributed by atoms with van der Waals surface area (Å²) in [6, 6.07) is 1.91. The van der Waals surface area contributed by atoms with E-state index in [4.69, 9.17) is 20.8 Å². The Labute approximate surface area is 179 Å². The summed E-state index contributed by atoms with van der Waals surface area (Å²) in [6.45, 7) is 18.1. The second-order valence-corrected chi connectivity index (χ2v) is 15.7. The van der Waals surface area contributed by atoms with E-state index in [0.29, 0.717) is 17.5 Å². The van der Waals surface area contributed by atoms with Crippen molar-refractivity contribution in [2.45, 2.75) is 83.8 Å². The van der Waals surface area contributed by atoms with Gasteiger partial charge in [0.25, 0.3) is 0 Å². The van der Waals surface area contributed by atoms with Crippen LogP contribution in [0.5, 0.6) is 0 Å². The van der Waals surface area contributed by atoms with E-state index >= 15 is 0 Å². The Morgan fingerprint density at radius 1 is 1.17 bits per heavy atom. The third-order valence-electron chi connectivity index (χ3n) is 5.94. The first-order chi connectivity index (χ1) is 13.2. The van der Waals surface area contributed by atoms with E-state index in [1.807, 2.05) is 20.8 Å². The Morgan fingerprint density at radius 2 is 1.83 bits per heavy atom. The van der Waals surface area contributed by atoms with Crippen molar-refractivity contribution in [1.82, 2.24) is 10.2 Å². The molecule has 0 aromatic carbocycles. The van der Waals surface area contributed by atoms with Gasteiger partial charge < -0.3 is 14.1 Å². The number of carbonyl (C=O) groups excluding carboxylic acids is 1. The van der Waals surface area contributed by atoms with Gasteiger partial charge in [0.05, 0.1) is 18.3 Å². The summed E-state index contributed by atoms with van der Waals surface area (Å²) in [5, 5.41) is 8.63. The molecule has 0 radical (unpaired) electrons. The maximum absolute atomic E-state index is 12.9. The monoisotopic (exact) mass is 440 g/mol. The number of carbonyl (C=O) groups is 1. The smallest absolute Gasteiger partial charge is 0.416 e. The highest BCUT2D eigenvalue weighted by Crippen LogP contribution is 2.43. The largest absolute Gasteiger partial charge is 0.443 e. The molecule has 3 heterocycles. The second kappa shape index (κ2) is 7.39. The molecule has 1 aromatic rings. The standard InChI is InChI=1S/C20H33ClN4O3Si/c1-19(2,3)27-18(26)25-11-13-9-14(28-29(7,8)20(4,5)6)12-24(13)15-10-16(21)22-23-17(15)25/h10,13-14H,9,11-12H2,1-8H3/t13-,14+/m1/s1. The summed E-state index contributed by atoms with van der Waals surface area (Å²) >= 11 is 6.14. The summed E-state index contributed by atoms with van der Waals surface area (Å²) < 4.78 is 12.3. The predicted octanol–water partition coefficient (Wildman–Crippen LogP) is 4.85. The molecule has 0 spiro atoms. The normalized spacial score (nSPS) is 22.4. The minimum atomic E-state index is -1.89. The van der Waals surface area contributed by atoms with Gasteiger partial charge in [0.15, 0.2) is 19.3 Å². The molecule has 0 bridgehead atoms. The van der Waals surface area contributed by atoms with Gasteiger partial charge in [-0.1, -0.05) is 32.4 Å². The molecule has 0 saturated carbocycles. The minimum absolute atomic E-state index is 0.110. The Kier molecular flexibility index (Phi) is 5.68. The molecular weight excluding hydrogens is 408 g/mol. The highest BCUT2D eigenvalue weighted by Gasteiger charge is 2.46. The van der Waals surface area contributed by atoms with E-state index in [1.54, 1.807) is 11.0 Å². The van der Waals surface area contributed by atoms with E-state index in [1.165, 1.54) is 0 Å². The molecule has 0 aliphatic carbocycles. The molecule has 2 atom stereocenters. The summed E-state index contributed by atoms with van der Waals surface area (Å²) in [6.07, 6.45) is 0.550. The number of halogens is 1. The summed E-state index contributed by atoms with van der Waals surface area (Å²) in [5.74, 6) is 0.493. The van der Waals surface area contributed by atoms with Crippen LogP contribution in [0.15, 0.2) is 6.07 Å². The molecule has 1 aromatic heterocycles. The number of anilines is 2. The van der Waals surface area contributed by atoms with Crippen LogP contribution < -0.4 is 9.80 Å². The first kappa shape index (κ1) is 22.3. The molecule has 2 aliphatic heterocycles. The van der Waals surface area contributed by atoms with Crippen molar-refractivity contribution in [2.24, 2.45) is 0 Å². The molecule has 1 fully saturated rings. The number of nitrogens with zero attached hydrogens (tertiary/aromatic N) is 4. The highest BCUT2D eigenvalue weighted by atomic mass is 35.5. The topological polar surface area (TPSA) is 67.8 Å². The molecule has 9 heteroatoms. The van der Waals surface area contributed by atoms with Crippen LogP contribution in [-0.2, 0) is 9.16 Å². The molecule has 1 saturated heterocycles. The van der Waals surface area contributed by atoms with Crippen LogP contribution in [0.25, 0.3) is 0 Å². The Bertz CT molecular complexity index is 791. The van der Waals surface area contributed by atoms with Crippen molar-refractivity contribution in [1.29, 1.82) is 0 Å². The maximum atomic E-state index is 12.9. The highest BCUT2D eigenvalue weighted by molar-refractivity contribution is 6.74. The molecule has 3 rings (SSSR count). The van der Waals surface area contributed by atoms with Crippen LogP contribution >= 0.6 is 11.6 Å². The lowest BCUT2D eigenvalue weighted by Gasteiger charge is -2.39. The molecule has 7 nitrogen and oxygen atoms in total. The summed E-state index contributed by atoms with van der Waals surface area (Å²) in [7, 11) is -1.89. The van der Waals surface area contributed by atoms with Crippen molar-refractivity contribution in [2.75, 3.05) is 22.9 Å². The quantitative estimate of drug-likeness (QED) is 0.612. The number of hydrogen-bond donors (Lipinski definition) is 0. The molecule has 2 aliphatic rings. The van der Waals surface area contributed by atoms with Gasteiger partial charge in [-0.05, 0) is 45.3 Å². The number of hydrogen-bond acceptors (Lipinski definition) is 6. The van der Waals surface area contributed by atoms with Crippen LogP contribution in [0.4, 0.5) is 16.3 Å². The van der Waals surface area contributed by atoms with Crippen LogP contribution in [0.3, 0.4) is 0 Å². The lowest BCUT2D eigenvalue weighted by molar-refractivity contribution is 0.0574. The molecule has 0 N–H and O–H groups in total. The van der Waals surface area contributed by atoms with Crippen LogP contribution in [0.2, 0.25) is 23.3 Å². The van der Waals surface area contributed by atoms with Gasteiger partial charge in [-0.15, -0.1) is 10.2 Å². The predicted molar refractivity (Wildman–Crippen MR) is 118 cm³/mol.